The summed E-state index contributed by atoms with van der Waals surface area (Å²) in [4.78, 5) is 22.4. The van der Waals surface area contributed by atoms with E-state index in [1.807, 2.05) is 11.9 Å². The van der Waals surface area contributed by atoms with E-state index >= 15 is 0 Å². The molecule has 0 radical (unpaired) electrons. The number of hydrogen-bond acceptors (Lipinski definition) is 7. The van der Waals surface area contributed by atoms with Gasteiger partial charge in [0.2, 0.25) is 5.95 Å². The van der Waals surface area contributed by atoms with Crippen molar-refractivity contribution in [3.63, 3.8) is 0 Å². The van der Waals surface area contributed by atoms with Gasteiger partial charge in [-0.3, -0.25) is 10.1 Å². The van der Waals surface area contributed by atoms with E-state index in [0.29, 0.717) is 12.5 Å². The van der Waals surface area contributed by atoms with Crippen molar-refractivity contribution in [2.45, 2.75) is 6.54 Å². The van der Waals surface area contributed by atoms with E-state index < -0.39 is 4.92 Å². The van der Waals surface area contributed by atoms with Crippen LogP contribution >= 0.6 is 0 Å². The molecule has 2 heterocycles. The number of hydrogen-bond donors (Lipinski definition) is 0. The smallest absolute Gasteiger partial charge is 0.305 e. The molecule has 1 saturated heterocycles. The van der Waals surface area contributed by atoms with Crippen molar-refractivity contribution in [2.75, 3.05) is 43.2 Å². The Kier molecular flexibility index (Phi) is 4.85. The molecule has 8 heteroatoms. The molecule has 1 aromatic carbocycles. The quantitative estimate of drug-likeness (QED) is 0.611. The van der Waals surface area contributed by atoms with Gasteiger partial charge in [0.25, 0.3) is 0 Å². The summed E-state index contributed by atoms with van der Waals surface area (Å²) in [5.41, 5.74) is 2.20. The molecule has 0 bridgehead atoms. The summed E-state index contributed by atoms with van der Waals surface area (Å²) in [6, 6.07) is 8.36. The van der Waals surface area contributed by atoms with Crippen molar-refractivity contribution in [3.05, 3.63) is 52.3 Å². The topological polar surface area (TPSA) is 84.6 Å². The molecule has 8 nitrogen and oxygen atoms in total. The third-order valence-corrected chi connectivity index (χ3v) is 3.91. The number of benzene rings is 1. The van der Waals surface area contributed by atoms with Crippen LogP contribution < -0.4 is 9.80 Å². The molecule has 0 N–H and O–H groups in total. The maximum absolute atomic E-state index is 10.6. The minimum Gasteiger partial charge on any atom is -0.378 e. The summed E-state index contributed by atoms with van der Waals surface area (Å²) in [5.74, 6) is 0.456. The van der Waals surface area contributed by atoms with Crippen LogP contribution in [-0.4, -0.2) is 48.2 Å². The first kappa shape index (κ1) is 16.1. The lowest BCUT2D eigenvalue weighted by Crippen LogP contribution is -2.36. The summed E-state index contributed by atoms with van der Waals surface area (Å²) in [7, 11) is 1.86. The number of morpholine rings is 1. The second-order valence-corrected chi connectivity index (χ2v) is 5.62. The standard InChI is InChI=1S/C16H19N5O3/c1-19(16-17-10-15(11-18-16)21(22)23)12-13-2-4-14(5-3-13)20-6-8-24-9-7-20/h2-5,10-11H,6-9,12H2,1H3. The van der Waals surface area contributed by atoms with Crippen LogP contribution in [0.2, 0.25) is 0 Å². The number of anilines is 2. The molecular formula is C16H19N5O3. The largest absolute Gasteiger partial charge is 0.378 e. The van der Waals surface area contributed by atoms with Crippen molar-refractivity contribution in [2.24, 2.45) is 0 Å². The number of aromatic nitrogens is 2. The fourth-order valence-electron chi connectivity index (χ4n) is 2.58. The van der Waals surface area contributed by atoms with E-state index in [4.69, 9.17) is 4.74 Å². The second-order valence-electron chi connectivity index (χ2n) is 5.62. The lowest BCUT2D eigenvalue weighted by atomic mass is 10.2. The summed E-state index contributed by atoms with van der Waals surface area (Å²) in [6.07, 6.45) is 2.45. The predicted molar refractivity (Wildman–Crippen MR) is 90.3 cm³/mol. The number of rotatable bonds is 5. The molecule has 1 aliphatic heterocycles. The predicted octanol–water partition coefficient (Wildman–Crippen LogP) is 1.86. The Hall–Kier alpha value is -2.74. The summed E-state index contributed by atoms with van der Waals surface area (Å²) >= 11 is 0. The molecule has 24 heavy (non-hydrogen) atoms. The van der Waals surface area contributed by atoms with Crippen molar-refractivity contribution >= 4 is 17.3 Å². The van der Waals surface area contributed by atoms with Gasteiger partial charge in [0.05, 0.1) is 18.1 Å². The van der Waals surface area contributed by atoms with Crippen LogP contribution in [0.15, 0.2) is 36.7 Å². The highest BCUT2D eigenvalue weighted by Crippen LogP contribution is 2.18. The Bertz CT molecular complexity index is 684. The molecular weight excluding hydrogens is 310 g/mol. The third kappa shape index (κ3) is 3.77. The van der Waals surface area contributed by atoms with Crippen LogP contribution in [0.25, 0.3) is 0 Å². The van der Waals surface area contributed by atoms with Crippen molar-refractivity contribution < 1.29 is 9.66 Å². The van der Waals surface area contributed by atoms with Gasteiger partial charge in [-0.25, -0.2) is 9.97 Å². The van der Waals surface area contributed by atoms with Crippen LogP contribution in [0.1, 0.15) is 5.56 Å². The molecule has 1 aliphatic rings. The van der Waals surface area contributed by atoms with E-state index in [9.17, 15) is 10.1 Å². The Balaban J connectivity index is 1.63. The normalized spacial score (nSPS) is 14.5. The fraction of sp³-hybridized carbons (Fsp3) is 0.375. The molecule has 3 rings (SSSR count). The molecule has 2 aromatic rings. The third-order valence-electron chi connectivity index (χ3n) is 3.91. The van der Waals surface area contributed by atoms with Crippen LogP contribution in [0, 0.1) is 10.1 Å². The zero-order chi connectivity index (χ0) is 16.9. The molecule has 1 aromatic heterocycles. The molecule has 0 unspecified atom stereocenters. The molecule has 1 fully saturated rings. The minimum atomic E-state index is -0.506. The Morgan fingerprint density at radius 2 is 1.83 bits per heavy atom. The summed E-state index contributed by atoms with van der Waals surface area (Å²) in [6.45, 7) is 3.98. The van der Waals surface area contributed by atoms with E-state index in [1.54, 1.807) is 0 Å². The lowest BCUT2D eigenvalue weighted by molar-refractivity contribution is -0.385. The van der Waals surface area contributed by atoms with Crippen molar-refractivity contribution in [1.29, 1.82) is 0 Å². The average Bonchev–Trinajstić information content (AvgIpc) is 2.63. The van der Waals surface area contributed by atoms with Gasteiger partial charge in [-0.1, -0.05) is 12.1 Å². The second kappa shape index (κ2) is 7.22. The highest BCUT2D eigenvalue weighted by Gasteiger charge is 2.12. The monoisotopic (exact) mass is 329 g/mol. The zero-order valence-electron chi connectivity index (χ0n) is 13.5. The van der Waals surface area contributed by atoms with Gasteiger partial charge in [0.15, 0.2) is 0 Å². The van der Waals surface area contributed by atoms with Crippen LogP contribution in [-0.2, 0) is 11.3 Å². The molecule has 0 amide bonds. The first-order valence-electron chi connectivity index (χ1n) is 7.73. The SMILES string of the molecule is CN(Cc1ccc(N2CCOCC2)cc1)c1ncc([N+](=O)[O-])cn1. The highest BCUT2D eigenvalue weighted by molar-refractivity contribution is 5.48. The van der Waals surface area contributed by atoms with Gasteiger partial charge in [-0.2, -0.15) is 0 Å². The average molecular weight is 329 g/mol. The van der Waals surface area contributed by atoms with Gasteiger partial charge >= 0.3 is 5.69 Å². The van der Waals surface area contributed by atoms with Gasteiger partial charge in [-0.15, -0.1) is 0 Å². The molecule has 126 valence electrons. The van der Waals surface area contributed by atoms with E-state index in [-0.39, 0.29) is 5.69 Å². The fourth-order valence-corrected chi connectivity index (χ4v) is 2.58. The van der Waals surface area contributed by atoms with Crippen molar-refractivity contribution in [1.82, 2.24) is 9.97 Å². The van der Waals surface area contributed by atoms with Gasteiger partial charge in [0, 0.05) is 32.4 Å². The number of ether oxygens (including phenoxy) is 1. The maximum atomic E-state index is 10.6. The van der Waals surface area contributed by atoms with E-state index in [0.717, 1.165) is 31.9 Å². The molecule has 0 aliphatic carbocycles. The zero-order valence-corrected chi connectivity index (χ0v) is 13.5. The highest BCUT2D eigenvalue weighted by atomic mass is 16.6. The minimum absolute atomic E-state index is 0.109. The molecule has 0 saturated carbocycles. The van der Waals surface area contributed by atoms with E-state index in [1.165, 1.54) is 18.1 Å². The first-order chi connectivity index (χ1) is 11.6. The Morgan fingerprint density at radius 1 is 1.21 bits per heavy atom. The Labute approximate surface area is 139 Å². The first-order valence-corrected chi connectivity index (χ1v) is 7.73. The van der Waals surface area contributed by atoms with Gasteiger partial charge in [0.1, 0.15) is 12.4 Å². The van der Waals surface area contributed by atoms with Gasteiger partial charge in [-0.05, 0) is 17.7 Å². The molecule has 0 atom stereocenters. The Morgan fingerprint density at radius 3 is 2.42 bits per heavy atom. The van der Waals surface area contributed by atoms with Crippen LogP contribution in [0.5, 0.6) is 0 Å². The van der Waals surface area contributed by atoms with Crippen molar-refractivity contribution in [3.8, 4) is 0 Å². The summed E-state index contributed by atoms with van der Waals surface area (Å²) < 4.78 is 5.37. The lowest BCUT2D eigenvalue weighted by Gasteiger charge is -2.29. The molecule has 0 spiro atoms. The number of nitro groups is 1. The maximum Gasteiger partial charge on any atom is 0.305 e. The summed E-state index contributed by atoms with van der Waals surface area (Å²) in [5, 5.41) is 10.6. The van der Waals surface area contributed by atoms with Crippen LogP contribution in [0.3, 0.4) is 0 Å². The van der Waals surface area contributed by atoms with Gasteiger partial charge < -0.3 is 14.5 Å². The van der Waals surface area contributed by atoms with Crippen LogP contribution in [0.4, 0.5) is 17.3 Å². The van der Waals surface area contributed by atoms with E-state index in [2.05, 4.69) is 39.1 Å². The number of nitrogens with zero attached hydrogens (tertiary/aromatic N) is 5.